The average Bonchev–Trinajstić information content (AvgIpc) is 2.23. The average molecular weight is 284 g/mol. The summed E-state index contributed by atoms with van der Waals surface area (Å²) in [7, 11) is -4.94. The molecule has 0 aliphatic rings. The van der Waals surface area contributed by atoms with Gasteiger partial charge in [0, 0.05) is 10.4 Å². The van der Waals surface area contributed by atoms with E-state index in [1.165, 1.54) is 0 Å². The van der Waals surface area contributed by atoms with Crippen LogP contribution in [0.3, 0.4) is 0 Å². The van der Waals surface area contributed by atoms with E-state index in [0.29, 0.717) is 0 Å². The number of rotatable bonds is 6. The lowest BCUT2D eigenvalue weighted by molar-refractivity contribution is -0.135. The van der Waals surface area contributed by atoms with Crippen LogP contribution in [0.2, 0.25) is 26.2 Å². The van der Waals surface area contributed by atoms with Gasteiger partial charge in [-0.05, 0) is 0 Å². The summed E-state index contributed by atoms with van der Waals surface area (Å²) in [5.74, 6) is -2.32. The molecule has 0 aliphatic carbocycles. The lowest BCUT2D eigenvalue weighted by Crippen LogP contribution is -2.41. The Labute approximate surface area is 109 Å². The third-order valence-corrected chi connectivity index (χ3v) is 8.78. The van der Waals surface area contributed by atoms with E-state index in [2.05, 4.69) is 13.2 Å². The second kappa shape index (κ2) is 5.49. The Balaban J connectivity index is 6.44. The first-order valence-electron chi connectivity index (χ1n) is 5.50. The summed E-state index contributed by atoms with van der Waals surface area (Å²) in [4.78, 5) is 22.9. The van der Waals surface area contributed by atoms with Crippen molar-refractivity contribution in [1.29, 1.82) is 0 Å². The summed E-state index contributed by atoms with van der Waals surface area (Å²) in [6.45, 7) is 14.4. The van der Waals surface area contributed by atoms with Crippen LogP contribution in [0.5, 0.6) is 0 Å². The number of hydrogen-bond acceptors (Lipinski definition) is 2. The third kappa shape index (κ3) is 3.30. The first kappa shape index (κ1) is 16.6. The molecule has 0 aliphatic heterocycles. The minimum absolute atomic E-state index is 0.0292. The van der Waals surface area contributed by atoms with Gasteiger partial charge in [0.25, 0.3) is 0 Å². The summed E-state index contributed by atoms with van der Waals surface area (Å²) >= 11 is 0. The van der Waals surface area contributed by atoms with E-state index in [1.807, 2.05) is 0 Å². The van der Waals surface area contributed by atoms with Gasteiger partial charge in [-0.3, -0.25) is 0 Å². The highest BCUT2D eigenvalue weighted by Crippen LogP contribution is 2.27. The molecule has 0 aromatic rings. The molecule has 0 aromatic heterocycles. The molecule has 0 atom stereocenters. The number of carboxylic acid groups (broad SMARTS) is 2. The molecule has 4 nitrogen and oxygen atoms in total. The predicted molar refractivity (Wildman–Crippen MR) is 77.7 cm³/mol. The molecule has 2 N–H and O–H groups in total. The van der Waals surface area contributed by atoms with Gasteiger partial charge in [0.15, 0.2) is 0 Å². The summed E-state index contributed by atoms with van der Waals surface area (Å²) < 4.78 is 0. The molecule has 0 rings (SSSR count). The number of carboxylic acids is 2. The molecular formula is C12H20O4Si2. The number of hydrogen-bond donors (Lipinski definition) is 2. The summed E-state index contributed by atoms with van der Waals surface area (Å²) in [5.41, 5.74) is 3.18. The molecule has 0 aromatic carbocycles. The lowest BCUT2D eigenvalue weighted by atomic mass is 10.5. The maximum Gasteiger partial charge on any atom is 0.328 e. The van der Waals surface area contributed by atoms with Crippen LogP contribution >= 0.6 is 0 Å². The SMILES string of the molecule is C=C[Si](C)(C)/C(C(=O)O)=C(\C(=O)O)[Si](C)(C)C=C. The summed E-state index contributed by atoms with van der Waals surface area (Å²) in [5, 5.41) is 18.8. The molecule has 0 saturated heterocycles. The molecule has 0 bridgehead atoms. The van der Waals surface area contributed by atoms with Crippen molar-refractivity contribution in [2.45, 2.75) is 26.2 Å². The standard InChI is InChI=1S/C12H20O4Si2/c1-7-17(3,4)9(11(13)14)10(12(15)16)18(5,6)8-2/h7-8H,1-2H2,3-6H3,(H,13,14)(H,15,16)/b10-9+. The lowest BCUT2D eigenvalue weighted by Gasteiger charge is -2.27. The van der Waals surface area contributed by atoms with Crippen molar-refractivity contribution in [3.05, 3.63) is 34.9 Å². The highest BCUT2D eigenvalue weighted by Gasteiger charge is 2.39. The maximum absolute atomic E-state index is 11.5. The minimum Gasteiger partial charge on any atom is -0.478 e. The van der Waals surface area contributed by atoms with Crippen molar-refractivity contribution < 1.29 is 19.8 Å². The van der Waals surface area contributed by atoms with E-state index < -0.39 is 28.1 Å². The summed E-state index contributed by atoms with van der Waals surface area (Å²) in [6.07, 6.45) is 0. The van der Waals surface area contributed by atoms with Crippen LogP contribution in [0.4, 0.5) is 0 Å². The normalized spacial score (nSPS) is 13.6. The van der Waals surface area contributed by atoms with Gasteiger partial charge in [-0.15, -0.1) is 13.2 Å². The van der Waals surface area contributed by atoms with Crippen molar-refractivity contribution in [3.63, 3.8) is 0 Å². The van der Waals surface area contributed by atoms with Crippen LogP contribution < -0.4 is 0 Å². The molecule has 0 saturated carbocycles. The Morgan fingerprint density at radius 2 is 1.06 bits per heavy atom. The fourth-order valence-corrected chi connectivity index (χ4v) is 6.56. The zero-order valence-corrected chi connectivity index (χ0v) is 13.3. The van der Waals surface area contributed by atoms with E-state index >= 15 is 0 Å². The summed E-state index contributed by atoms with van der Waals surface area (Å²) in [6, 6.07) is 0. The van der Waals surface area contributed by atoms with Crippen molar-refractivity contribution in [2.75, 3.05) is 0 Å². The van der Waals surface area contributed by atoms with Crippen molar-refractivity contribution >= 4 is 28.1 Å². The van der Waals surface area contributed by atoms with Crippen LogP contribution in [-0.4, -0.2) is 38.3 Å². The largest absolute Gasteiger partial charge is 0.478 e. The monoisotopic (exact) mass is 284 g/mol. The van der Waals surface area contributed by atoms with Gasteiger partial charge in [0.05, 0.1) is 0 Å². The molecule has 0 amide bonds. The van der Waals surface area contributed by atoms with Crippen molar-refractivity contribution in [3.8, 4) is 0 Å². The molecule has 0 spiro atoms. The second-order valence-electron chi connectivity index (χ2n) is 5.21. The van der Waals surface area contributed by atoms with E-state index in [-0.39, 0.29) is 10.4 Å². The van der Waals surface area contributed by atoms with Crippen molar-refractivity contribution in [1.82, 2.24) is 0 Å². The van der Waals surface area contributed by atoms with E-state index in [0.717, 1.165) is 0 Å². The van der Waals surface area contributed by atoms with Crippen molar-refractivity contribution in [2.24, 2.45) is 0 Å². The Morgan fingerprint density at radius 3 is 1.17 bits per heavy atom. The van der Waals surface area contributed by atoms with Gasteiger partial charge < -0.3 is 10.2 Å². The number of carbonyl (C=O) groups is 2. The first-order chi connectivity index (χ1) is 8.01. The van der Waals surface area contributed by atoms with E-state index in [1.54, 1.807) is 37.6 Å². The Hall–Kier alpha value is -1.41. The molecule has 0 fully saturated rings. The van der Waals surface area contributed by atoms with Crippen LogP contribution in [0.1, 0.15) is 0 Å². The molecule has 100 valence electrons. The van der Waals surface area contributed by atoms with Gasteiger partial charge in [0.1, 0.15) is 16.1 Å². The van der Waals surface area contributed by atoms with Gasteiger partial charge in [-0.25, -0.2) is 9.59 Å². The van der Waals surface area contributed by atoms with Gasteiger partial charge in [-0.2, -0.15) is 0 Å². The molecule has 0 heterocycles. The van der Waals surface area contributed by atoms with Crippen LogP contribution in [0.25, 0.3) is 0 Å². The highest BCUT2D eigenvalue weighted by atomic mass is 28.3. The Kier molecular flexibility index (Phi) is 5.06. The fourth-order valence-electron chi connectivity index (χ4n) is 1.61. The molecular weight excluding hydrogens is 264 g/mol. The molecule has 0 radical (unpaired) electrons. The van der Waals surface area contributed by atoms with Crippen LogP contribution in [0.15, 0.2) is 34.9 Å². The second-order valence-corrected chi connectivity index (χ2v) is 13.9. The molecule has 0 unspecified atom stereocenters. The smallest absolute Gasteiger partial charge is 0.328 e. The zero-order valence-electron chi connectivity index (χ0n) is 11.3. The quantitative estimate of drug-likeness (QED) is 0.580. The van der Waals surface area contributed by atoms with Crippen LogP contribution in [-0.2, 0) is 9.59 Å². The van der Waals surface area contributed by atoms with Crippen LogP contribution in [0, 0.1) is 0 Å². The van der Waals surface area contributed by atoms with Gasteiger partial charge >= 0.3 is 11.9 Å². The minimum atomic E-state index is -2.47. The van der Waals surface area contributed by atoms with Gasteiger partial charge in [-0.1, -0.05) is 37.6 Å². The zero-order chi connectivity index (χ0) is 14.7. The van der Waals surface area contributed by atoms with Gasteiger partial charge in [0.2, 0.25) is 0 Å². The predicted octanol–water partition coefficient (Wildman–Crippen LogP) is 2.40. The topological polar surface area (TPSA) is 74.6 Å². The van der Waals surface area contributed by atoms with E-state index in [4.69, 9.17) is 0 Å². The maximum atomic E-state index is 11.5. The Bertz CT molecular complexity index is 393. The fraction of sp³-hybridized carbons (Fsp3) is 0.333. The molecule has 6 heteroatoms. The molecule has 18 heavy (non-hydrogen) atoms. The first-order valence-corrected chi connectivity index (χ1v) is 11.7. The number of aliphatic carboxylic acids is 2. The highest BCUT2D eigenvalue weighted by molar-refractivity contribution is 6.99. The third-order valence-electron chi connectivity index (χ3n) is 2.99. The Morgan fingerprint density at radius 1 is 0.833 bits per heavy atom. The van der Waals surface area contributed by atoms with E-state index in [9.17, 15) is 19.8 Å².